The Kier molecular flexibility index (Phi) is 6.66. The number of rotatable bonds is 6. The topological polar surface area (TPSA) is 66.2 Å². The van der Waals surface area contributed by atoms with Crippen molar-refractivity contribution in [2.75, 3.05) is 32.1 Å². The number of carbonyl (C=O) groups is 2. The molecule has 1 heterocycles. The highest BCUT2D eigenvalue weighted by Crippen LogP contribution is 2.32. The molecule has 27 heavy (non-hydrogen) atoms. The monoisotopic (exact) mass is 401 g/mol. The molecule has 1 aromatic rings. The number of hydrogen-bond acceptors (Lipinski definition) is 4. The van der Waals surface area contributed by atoms with Crippen LogP contribution in [-0.4, -0.2) is 50.3 Å². The van der Waals surface area contributed by atoms with Crippen molar-refractivity contribution in [3.05, 3.63) is 29.8 Å². The van der Waals surface area contributed by atoms with Crippen LogP contribution in [0.1, 0.15) is 12.0 Å². The summed E-state index contributed by atoms with van der Waals surface area (Å²) in [7, 11) is 3.99. The Morgan fingerprint density at radius 1 is 1.33 bits per heavy atom. The summed E-state index contributed by atoms with van der Waals surface area (Å²) in [6, 6.07) is 4.21. The number of aliphatic imine (C=N–C) groups is 1. The highest BCUT2D eigenvalue weighted by atomic mass is 32.1. The Morgan fingerprint density at radius 3 is 2.67 bits per heavy atom. The third kappa shape index (κ3) is 5.33. The summed E-state index contributed by atoms with van der Waals surface area (Å²) in [5.74, 6) is -2.61. The van der Waals surface area contributed by atoms with Gasteiger partial charge in [-0.05, 0) is 30.4 Å². The SMILES string of the molecule is C[NH+](C)CCCN=CC1C(=O)NC(=S)N(c2cccc(C(F)(F)F)c2)C1=O. The van der Waals surface area contributed by atoms with Crippen LogP contribution in [0.4, 0.5) is 18.9 Å². The van der Waals surface area contributed by atoms with E-state index in [-0.39, 0.29) is 10.8 Å². The Balaban J connectivity index is 2.20. The zero-order valence-corrected chi connectivity index (χ0v) is 15.7. The number of nitrogens with zero attached hydrogens (tertiary/aromatic N) is 2. The molecule has 1 fully saturated rings. The summed E-state index contributed by atoms with van der Waals surface area (Å²) >= 11 is 4.98. The van der Waals surface area contributed by atoms with Crippen LogP contribution in [0.3, 0.4) is 0 Å². The fourth-order valence-electron chi connectivity index (χ4n) is 2.49. The highest BCUT2D eigenvalue weighted by Gasteiger charge is 2.39. The van der Waals surface area contributed by atoms with Gasteiger partial charge in [0.1, 0.15) is 0 Å². The molecule has 0 aliphatic carbocycles. The number of carbonyl (C=O) groups excluding carboxylic acids is 2. The Bertz CT molecular complexity index is 765. The lowest BCUT2D eigenvalue weighted by atomic mass is 10.1. The minimum atomic E-state index is -4.56. The summed E-state index contributed by atoms with van der Waals surface area (Å²) in [6.45, 7) is 1.32. The molecule has 0 bridgehead atoms. The van der Waals surface area contributed by atoms with Crippen molar-refractivity contribution in [2.45, 2.75) is 12.6 Å². The summed E-state index contributed by atoms with van der Waals surface area (Å²) in [5.41, 5.74) is -0.974. The van der Waals surface area contributed by atoms with E-state index in [2.05, 4.69) is 10.3 Å². The zero-order chi connectivity index (χ0) is 20.2. The highest BCUT2D eigenvalue weighted by molar-refractivity contribution is 7.80. The van der Waals surface area contributed by atoms with E-state index in [4.69, 9.17) is 12.2 Å². The van der Waals surface area contributed by atoms with Gasteiger partial charge in [-0.25, -0.2) is 0 Å². The van der Waals surface area contributed by atoms with Gasteiger partial charge < -0.3 is 10.2 Å². The van der Waals surface area contributed by atoms with E-state index in [1.165, 1.54) is 23.2 Å². The van der Waals surface area contributed by atoms with Crippen LogP contribution < -0.4 is 15.1 Å². The second kappa shape index (κ2) is 8.57. The third-order valence-electron chi connectivity index (χ3n) is 3.85. The van der Waals surface area contributed by atoms with Gasteiger partial charge in [0.25, 0.3) is 5.91 Å². The lowest BCUT2D eigenvalue weighted by Gasteiger charge is -2.31. The molecule has 146 valence electrons. The number of anilines is 1. The van der Waals surface area contributed by atoms with Crippen molar-refractivity contribution in [3.63, 3.8) is 0 Å². The molecule has 1 aromatic carbocycles. The normalized spacial score (nSPS) is 18.5. The summed E-state index contributed by atoms with van der Waals surface area (Å²) in [5, 5.41) is 2.09. The molecule has 1 atom stereocenters. The number of quaternary nitrogens is 1. The predicted octanol–water partition coefficient (Wildman–Crippen LogP) is 0.675. The lowest BCUT2D eigenvalue weighted by Crippen LogP contribution is -3.05. The fourth-order valence-corrected chi connectivity index (χ4v) is 2.79. The van der Waals surface area contributed by atoms with Gasteiger partial charge in [-0.15, -0.1) is 0 Å². The average Bonchev–Trinajstić information content (AvgIpc) is 2.56. The Labute approximate surface area is 160 Å². The second-order valence-electron chi connectivity index (χ2n) is 6.36. The van der Waals surface area contributed by atoms with E-state index in [0.29, 0.717) is 6.54 Å². The predicted molar refractivity (Wildman–Crippen MR) is 98.8 cm³/mol. The molecule has 2 rings (SSSR count). The van der Waals surface area contributed by atoms with E-state index in [9.17, 15) is 22.8 Å². The molecule has 0 aromatic heterocycles. The molecule has 6 nitrogen and oxygen atoms in total. The summed E-state index contributed by atoms with van der Waals surface area (Å²) in [4.78, 5) is 31.0. The Hall–Kier alpha value is -2.33. The molecule has 0 saturated carbocycles. The third-order valence-corrected chi connectivity index (χ3v) is 4.14. The first kappa shape index (κ1) is 21.0. The number of benzene rings is 1. The fraction of sp³-hybridized carbons (Fsp3) is 0.412. The molecule has 1 aliphatic heterocycles. The average molecular weight is 401 g/mol. The molecule has 10 heteroatoms. The van der Waals surface area contributed by atoms with Crippen LogP contribution >= 0.6 is 12.2 Å². The van der Waals surface area contributed by atoms with Crippen LogP contribution in [0.15, 0.2) is 29.3 Å². The van der Waals surface area contributed by atoms with Crippen molar-refractivity contribution in [3.8, 4) is 0 Å². The number of hydrogen-bond donors (Lipinski definition) is 2. The van der Waals surface area contributed by atoms with E-state index in [1.807, 2.05) is 14.1 Å². The van der Waals surface area contributed by atoms with Crippen LogP contribution in [-0.2, 0) is 15.8 Å². The van der Waals surface area contributed by atoms with Gasteiger partial charge in [-0.2, -0.15) is 13.2 Å². The number of nitrogens with one attached hydrogen (secondary N) is 2. The van der Waals surface area contributed by atoms with Crippen molar-refractivity contribution in [1.82, 2.24) is 5.32 Å². The number of halogens is 3. The van der Waals surface area contributed by atoms with Crippen molar-refractivity contribution in [1.29, 1.82) is 0 Å². The smallest absolute Gasteiger partial charge is 0.340 e. The molecule has 1 saturated heterocycles. The molecule has 1 aliphatic rings. The minimum Gasteiger partial charge on any atom is -0.340 e. The van der Waals surface area contributed by atoms with Crippen LogP contribution in [0.5, 0.6) is 0 Å². The van der Waals surface area contributed by atoms with Gasteiger partial charge in [-0.1, -0.05) is 6.07 Å². The van der Waals surface area contributed by atoms with Crippen molar-refractivity contribution in [2.24, 2.45) is 10.9 Å². The standard InChI is InChI=1S/C17H19F3N4O2S/c1-23(2)8-4-7-21-10-13-14(25)22-16(27)24(15(13)26)12-6-3-5-11(9-12)17(18,19)20/h3,5-6,9-10,13H,4,7-8H2,1-2H3,(H,22,25,27)/p+1. The van der Waals surface area contributed by atoms with Crippen molar-refractivity contribution < 1.29 is 27.7 Å². The van der Waals surface area contributed by atoms with Crippen LogP contribution in [0, 0.1) is 5.92 Å². The molecule has 1 unspecified atom stereocenters. The van der Waals surface area contributed by atoms with Gasteiger partial charge in [-0.3, -0.25) is 19.5 Å². The molecular weight excluding hydrogens is 381 g/mol. The molecule has 0 radical (unpaired) electrons. The minimum absolute atomic E-state index is 0.0607. The second-order valence-corrected chi connectivity index (χ2v) is 6.75. The Morgan fingerprint density at radius 2 is 2.04 bits per heavy atom. The van der Waals surface area contributed by atoms with Gasteiger partial charge >= 0.3 is 6.18 Å². The van der Waals surface area contributed by atoms with Crippen LogP contribution in [0.2, 0.25) is 0 Å². The largest absolute Gasteiger partial charge is 0.416 e. The molecule has 0 spiro atoms. The summed E-state index contributed by atoms with van der Waals surface area (Å²) in [6.07, 6.45) is -2.56. The zero-order valence-electron chi connectivity index (χ0n) is 14.8. The number of amides is 2. The molecule has 2 amide bonds. The van der Waals surface area contributed by atoms with Crippen LogP contribution in [0.25, 0.3) is 0 Å². The van der Waals surface area contributed by atoms with Gasteiger partial charge in [0, 0.05) is 19.2 Å². The maximum atomic E-state index is 12.9. The van der Waals surface area contributed by atoms with Gasteiger partial charge in [0.2, 0.25) is 5.91 Å². The van der Waals surface area contributed by atoms with Gasteiger partial charge in [0.05, 0.1) is 31.9 Å². The van der Waals surface area contributed by atoms with E-state index >= 15 is 0 Å². The first-order chi connectivity index (χ1) is 12.6. The van der Waals surface area contributed by atoms with Gasteiger partial charge in [0.15, 0.2) is 11.0 Å². The quantitative estimate of drug-likeness (QED) is 0.319. The molecular formula is C17H20F3N4O2S+. The lowest BCUT2D eigenvalue weighted by molar-refractivity contribution is -0.858. The number of thiocarbonyl (C=S) groups is 1. The van der Waals surface area contributed by atoms with E-state index in [1.54, 1.807) is 0 Å². The summed E-state index contributed by atoms with van der Waals surface area (Å²) < 4.78 is 38.8. The maximum absolute atomic E-state index is 12.9. The van der Waals surface area contributed by atoms with E-state index in [0.717, 1.165) is 30.0 Å². The first-order valence-corrected chi connectivity index (χ1v) is 8.67. The molecule has 2 N–H and O–H groups in total. The number of alkyl halides is 3. The van der Waals surface area contributed by atoms with E-state index < -0.39 is 29.5 Å². The maximum Gasteiger partial charge on any atom is 0.416 e. The first-order valence-electron chi connectivity index (χ1n) is 8.26. The van der Waals surface area contributed by atoms with Crippen molar-refractivity contribution >= 4 is 41.0 Å².